The molecule has 108 valence electrons. The maximum Gasteiger partial charge on any atom is 0.330 e. The van der Waals surface area contributed by atoms with Gasteiger partial charge in [-0.1, -0.05) is 13.8 Å². The van der Waals surface area contributed by atoms with Gasteiger partial charge in [0.25, 0.3) is 5.56 Å². The van der Waals surface area contributed by atoms with Gasteiger partial charge in [-0.2, -0.15) is 0 Å². The maximum absolute atomic E-state index is 11.9. The van der Waals surface area contributed by atoms with Gasteiger partial charge in [-0.15, -0.1) is 0 Å². The van der Waals surface area contributed by atoms with E-state index in [1.807, 2.05) is 6.92 Å². The molecule has 0 spiro atoms. The largest absolute Gasteiger partial charge is 0.330 e. The van der Waals surface area contributed by atoms with Crippen LogP contribution in [0.5, 0.6) is 0 Å². The summed E-state index contributed by atoms with van der Waals surface area (Å²) in [6.07, 6.45) is 3.37. The highest BCUT2D eigenvalue weighted by Crippen LogP contribution is 1.92. The Morgan fingerprint density at radius 2 is 2.00 bits per heavy atom. The van der Waals surface area contributed by atoms with Crippen LogP contribution < -0.4 is 16.6 Å². The first kappa shape index (κ1) is 15.7. The Kier molecular flexibility index (Phi) is 6.56. The fourth-order valence-corrected chi connectivity index (χ4v) is 1.91. The van der Waals surface area contributed by atoms with E-state index in [4.69, 9.17) is 0 Å². The van der Waals surface area contributed by atoms with E-state index in [0.29, 0.717) is 19.0 Å². The fourth-order valence-electron chi connectivity index (χ4n) is 1.91. The topological polar surface area (TPSA) is 56.0 Å². The van der Waals surface area contributed by atoms with Crippen LogP contribution in [-0.2, 0) is 13.1 Å². The molecule has 0 bridgehead atoms. The second-order valence-electron chi connectivity index (χ2n) is 5.18. The van der Waals surface area contributed by atoms with Crippen LogP contribution in [0.3, 0.4) is 0 Å². The molecule has 1 aromatic rings. The summed E-state index contributed by atoms with van der Waals surface area (Å²) >= 11 is 0. The summed E-state index contributed by atoms with van der Waals surface area (Å²) in [5.41, 5.74) is -0.407. The molecule has 0 aliphatic heterocycles. The monoisotopic (exact) mass is 267 g/mol. The van der Waals surface area contributed by atoms with Crippen LogP contribution in [0.2, 0.25) is 0 Å². The van der Waals surface area contributed by atoms with Crippen molar-refractivity contribution in [2.45, 2.75) is 46.7 Å². The molecule has 0 fully saturated rings. The van der Waals surface area contributed by atoms with Crippen molar-refractivity contribution < 1.29 is 0 Å². The molecule has 5 heteroatoms. The summed E-state index contributed by atoms with van der Waals surface area (Å²) < 4.78 is 2.88. The number of rotatable bonds is 8. The van der Waals surface area contributed by atoms with Gasteiger partial charge in [-0.3, -0.25) is 9.36 Å². The molecule has 1 N–H and O–H groups in total. The third kappa shape index (κ3) is 5.03. The first-order chi connectivity index (χ1) is 9.06. The molecule has 0 unspecified atom stereocenters. The van der Waals surface area contributed by atoms with Crippen molar-refractivity contribution in [3.63, 3.8) is 0 Å². The average Bonchev–Trinajstić information content (AvgIpc) is 2.36. The van der Waals surface area contributed by atoms with E-state index >= 15 is 0 Å². The molecule has 0 aliphatic rings. The zero-order valence-corrected chi connectivity index (χ0v) is 12.2. The molecule has 5 nitrogen and oxygen atoms in total. The number of unbranched alkanes of at least 4 members (excludes halogenated alkanes) is 1. The van der Waals surface area contributed by atoms with Gasteiger partial charge in [0.05, 0.1) is 0 Å². The van der Waals surface area contributed by atoms with E-state index < -0.39 is 0 Å². The molecule has 0 amide bonds. The summed E-state index contributed by atoms with van der Waals surface area (Å²) in [7, 11) is 0. The molecular formula is C14H25N3O2. The van der Waals surface area contributed by atoms with Crippen LogP contribution in [0.1, 0.15) is 33.6 Å². The van der Waals surface area contributed by atoms with Crippen LogP contribution in [0.4, 0.5) is 0 Å². The Morgan fingerprint density at radius 1 is 1.26 bits per heavy atom. The summed E-state index contributed by atoms with van der Waals surface area (Å²) in [5.74, 6) is 0.647. The Labute approximate surface area is 114 Å². The summed E-state index contributed by atoms with van der Waals surface area (Å²) in [6.45, 7) is 9.27. The van der Waals surface area contributed by atoms with Crippen molar-refractivity contribution in [2.75, 3.05) is 13.1 Å². The zero-order valence-electron chi connectivity index (χ0n) is 12.2. The fraction of sp³-hybridized carbons (Fsp3) is 0.714. The number of aromatic nitrogens is 2. The third-order valence-electron chi connectivity index (χ3n) is 3.02. The van der Waals surface area contributed by atoms with Crippen molar-refractivity contribution in [1.82, 2.24) is 14.5 Å². The summed E-state index contributed by atoms with van der Waals surface area (Å²) in [4.78, 5) is 23.6. The molecule has 1 aromatic heterocycles. The number of nitrogens with one attached hydrogen (secondary N) is 1. The average molecular weight is 267 g/mol. The molecule has 0 saturated carbocycles. The Hall–Kier alpha value is -1.36. The molecule has 0 aromatic carbocycles. The van der Waals surface area contributed by atoms with Gasteiger partial charge >= 0.3 is 5.69 Å². The number of nitrogens with zero attached hydrogens (tertiary/aromatic N) is 2. The molecule has 1 heterocycles. The number of aryl methyl sites for hydroxylation is 1. The number of hydrogen-bond acceptors (Lipinski definition) is 3. The van der Waals surface area contributed by atoms with Crippen LogP contribution >= 0.6 is 0 Å². The van der Waals surface area contributed by atoms with Gasteiger partial charge in [0.15, 0.2) is 0 Å². The molecule has 0 aliphatic carbocycles. The minimum absolute atomic E-state index is 0.204. The second kappa shape index (κ2) is 7.94. The minimum Gasteiger partial charge on any atom is -0.316 e. The van der Waals surface area contributed by atoms with Gasteiger partial charge in [0.1, 0.15) is 0 Å². The van der Waals surface area contributed by atoms with E-state index in [0.717, 1.165) is 25.9 Å². The normalized spacial score (nSPS) is 11.2. The van der Waals surface area contributed by atoms with Gasteiger partial charge < -0.3 is 9.88 Å². The first-order valence-electron chi connectivity index (χ1n) is 7.07. The Bertz CT molecular complexity index is 488. The molecular weight excluding hydrogens is 242 g/mol. The Morgan fingerprint density at radius 3 is 2.63 bits per heavy atom. The van der Waals surface area contributed by atoms with Crippen molar-refractivity contribution in [2.24, 2.45) is 5.92 Å². The molecule has 0 saturated heterocycles. The van der Waals surface area contributed by atoms with Crippen LogP contribution in [-0.4, -0.2) is 22.2 Å². The lowest BCUT2D eigenvalue weighted by Gasteiger charge is -2.09. The van der Waals surface area contributed by atoms with Crippen LogP contribution in [0.25, 0.3) is 0 Å². The molecule has 0 atom stereocenters. The lowest BCUT2D eigenvalue weighted by Crippen LogP contribution is -2.38. The van der Waals surface area contributed by atoms with Crippen molar-refractivity contribution in [3.05, 3.63) is 33.1 Å². The zero-order chi connectivity index (χ0) is 14.3. The van der Waals surface area contributed by atoms with Crippen molar-refractivity contribution in [3.8, 4) is 0 Å². The lowest BCUT2D eigenvalue weighted by molar-refractivity contribution is 0.498. The van der Waals surface area contributed by atoms with E-state index in [2.05, 4.69) is 19.2 Å². The summed E-state index contributed by atoms with van der Waals surface area (Å²) in [6, 6.07) is 1.46. The van der Waals surface area contributed by atoms with Gasteiger partial charge in [-0.05, 0) is 38.8 Å². The first-order valence-corrected chi connectivity index (χ1v) is 7.07. The minimum atomic E-state index is -0.204. The van der Waals surface area contributed by atoms with Crippen molar-refractivity contribution >= 4 is 0 Å². The van der Waals surface area contributed by atoms with E-state index in [1.54, 1.807) is 10.8 Å². The van der Waals surface area contributed by atoms with Gasteiger partial charge in [-0.25, -0.2) is 4.79 Å². The highest BCUT2D eigenvalue weighted by molar-refractivity contribution is 4.86. The summed E-state index contributed by atoms with van der Waals surface area (Å²) in [5, 5.41) is 3.35. The molecule has 1 rings (SSSR count). The maximum atomic E-state index is 11.9. The number of hydrogen-bond donors (Lipinski definition) is 1. The predicted molar refractivity (Wildman–Crippen MR) is 77.6 cm³/mol. The molecule has 19 heavy (non-hydrogen) atoms. The van der Waals surface area contributed by atoms with Crippen molar-refractivity contribution in [1.29, 1.82) is 0 Å². The molecule has 0 radical (unpaired) electrons. The highest BCUT2D eigenvalue weighted by Gasteiger charge is 2.03. The lowest BCUT2D eigenvalue weighted by atomic mass is 10.2. The van der Waals surface area contributed by atoms with Gasteiger partial charge in [0, 0.05) is 25.4 Å². The highest BCUT2D eigenvalue weighted by atomic mass is 16.2. The van der Waals surface area contributed by atoms with Gasteiger partial charge in [0.2, 0.25) is 0 Å². The predicted octanol–water partition coefficient (Wildman–Crippen LogP) is 1.06. The third-order valence-corrected chi connectivity index (χ3v) is 3.02. The second-order valence-corrected chi connectivity index (χ2v) is 5.18. The van der Waals surface area contributed by atoms with E-state index in [1.165, 1.54) is 10.6 Å². The quantitative estimate of drug-likeness (QED) is 0.716. The standard InChI is InChI=1S/C14H25N3O2/c1-4-16-10-7-13(18)17(14(16)19)9-6-5-8-15-11-12(2)3/h7,10,12,15H,4-6,8-9,11H2,1-3H3. The smallest absolute Gasteiger partial charge is 0.316 e. The van der Waals surface area contributed by atoms with E-state index in [-0.39, 0.29) is 11.2 Å². The van der Waals surface area contributed by atoms with E-state index in [9.17, 15) is 9.59 Å². The SMILES string of the molecule is CCn1ccc(=O)n(CCCCNCC(C)C)c1=O. The van der Waals surface area contributed by atoms with Crippen LogP contribution in [0.15, 0.2) is 21.9 Å². The van der Waals surface area contributed by atoms with Crippen LogP contribution in [0, 0.1) is 5.92 Å². The Balaban J connectivity index is 2.45.